The molecule has 5 rings (SSSR count). The monoisotopic (exact) mass is 850 g/mol. The summed E-state index contributed by atoms with van der Waals surface area (Å²) >= 11 is 0. The van der Waals surface area contributed by atoms with Crippen molar-refractivity contribution in [3.05, 3.63) is 152 Å². The predicted molar refractivity (Wildman–Crippen MR) is 159 cm³/mol. The number of hydrogen-bond acceptors (Lipinski definition) is 0. The molecule has 0 heterocycles. The summed E-state index contributed by atoms with van der Waals surface area (Å²) in [7, 11) is 0.359. The molecule has 0 amide bonds. The standard InChI is InChI=1S/C24BF20.C9H12FS/c26-5-1(6(27)14(35)21(42)13(5)34)25(2-7(28)15(36)22(43)16(37)8(2)29,3-9(30)17(38)23(44)18(39)10(3)31)4-11(32)19(40)24(45)20(41)12(4)33;1-11(2)7-8-4-3-5-9(10)6-8/h;3-6H,7H2,1-2H3/q-1;+1. The molecule has 0 spiro atoms. The minimum Gasteiger partial charge on any atom is -0.207 e. The van der Waals surface area contributed by atoms with Gasteiger partial charge in [0, 0.05) is 5.56 Å². The average molecular weight is 850 g/mol. The lowest BCUT2D eigenvalue weighted by molar-refractivity contribution is 0.378. The summed E-state index contributed by atoms with van der Waals surface area (Å²) in [5, 5.41) is 0. The number of hydrogen-bond donors (Lipinski definition) is 0. The van der Waals surface area contributed by atoms with Crippen LogP contribution >= 0.6 is 0 Å². The fourth-order valence-electron chi connectivity index (χ4n) is 5.83. The first-order chi connectivity index (χ1) is 25.9. The highest BCUT2D eigenvalue weighted by Gasteiger charge is 2.52. The lowest BCUT2D eigenvalue weighted by atomic mass is 9.12. The fraction of sp³-hybridized carbons (Fsp3) is 0.0909. The summed E-state index contributed by atoms with van der Waals surface area (Å²) < 4.78 is 307. The van der Waals surface area contributed by atoms with Crippen molar-refractivity contribution in [3.8, 4) is 0 Å². The highest BCUT2D eigenvalue weighted by Crippen LogP contribution is 2.30. The summed E-state index contributed by atoms with van der Waals surface area (Å²) in [5.41, 5.74) is -13.2. The van der Waals surface area contributed by atoms with Crippen molar-refractivity contribution in [3.63, 3.8) is 0 Å². The maximum atomic E-state index is 15.4. The second-order valence-corrected chi connectivity index (χ2v) is 13.8. The third-order valence-corrected chi connectivity index (χ3v) is 8.96. The van der Waals surface area contributed by atoms with Crippen molar-refractivity contribution in [2.75, 3.05) is 12.5 Å². The first kappa shape index (κ1) is 43.8. The Morgan fingerprint density at radius 2 is 0.554 bits per heavy atom. The van der Waals surface area contributed by atoms with E-state index in [4.69, 9.17) is 0 Å². The molecule has 0 nitrogen and oxygen atoms in total. The van der Waals surface area contributed by atoms with Crippen molar-refractivity contribution in [1.82, 2.24) is 0 Å². The van der Waals surface area contributed by atoms with Gasteiger partial charge in [0.1, 0.15) is 64.3 Å². The molecule has 5 aromatic rings. The van der Waals surface area contributed by atoms with Gasteiger partial charge in [-0.1, -0.05) is 12.1 Å². The molecule has 56 heavy (non-hydrogen) atoms. The molecule has 0 radical (unpaired) electrons. The molecule has 0 unspecified atom stereocenters. The van der Waals surface area contributed by atoms with E-state index in [-0.39, 0.29) is 5.82 Å². The zero-order chi connectivity index (χ0) is 42.6. The van der Waals surface area contributed by atoms with Crippen molar-refractivity contribution < 1.29 is 92.2 Å². The van der Waals surface area contributed by atoms with Gasteiger partial charge in [-0.25, -0.2) is 92.2 Å². The molecule has 0 saturated carbocycles. The molecular formula is C33H12BF21S. The predicted octanol–water partition coefficient (Wildman–Crippen LogP) is 8.05. The average Bonchev–Trinajstić information content (AvgIpc) is 3.14. The van der Waals surface area contributed by atoms with E-state index >= 15 is 35.1 Å². The van der Waals surface area contributed by atoms with E-state index in [1.54, 1.807) is 12.1 Å². The van der Waals surface area contributed by atoms with Crippen LogP contribution in [0.15, 0.2) is 24.3 Å². The van der Waals surface area contributed by atoms with E-state index < -0.39 is 144 Å². The summed E-state index contributed by atoms with van der Waals surface area (Å²) in [6, 6.07) is 6.81. The normalized spacial score (nSPS) is 11.7. The molecule has 0 atom stereocenters. The van der Waals surface area contributed by atoms with E-state index in [1.165, 1.54) is 6.07 Å². The molecule has 0 bridgehead atoms. The molecule has 0 aliphatic heterocycles. The van der Waals surface area contributed by atoms with Crippen LogP contribution in [0.2, 0.25) is 0 Å². The SMILES string of the molecule is C[S+](C)Cc1cccc(F)c1.Fc1c(F)c(F)c([B-](c2c(F)c(F)c(F)c(F)c2F)(c2c(F)c(F)c(F)c(F)c2F)c2c(F)c(F)c(F)c(F)c2F)c(F)c1F. The Bertz CT molecular complexity index is 2020. The van der Waals surface area contributed by atoms with Gasteiger partial charge in [-0.05, 0) is 23.0 Å². The Morgan fingerprint density at radius 3 is 0.750 bits per heavy atom. The summed E-state index contributed by atoms with van der Waals surface area (Å²) in [6.07, 6.45) is -2.90. The Hall–Kier alpha value is -4.96. The van der Waals surface area contributed by atoms with Crippen molar-refractivity contribution in [2.45, 2.75) is 5.75 Å². The molecule has 0 aliphatic rings. The second-order valence-electron chi connectivity index (χ2n) is 11.6. The second kappa shape index (κ2) is 15.9. The third kappa shape index (κ3) is 6.80. The largest absolute Gasteiger partial charge is 0.207 e. The van der Waals surface area contributed by atoms with Crippen LogP contribution in [0.4, 0.5) is 92.2 Å². The molecule has 0 fully saturated rings. The molecule has 0 aliphatic carbocycles. The first-order valence-electron chi connectivity index (χ1n) is 14.4. The maximum absolute atomic E-state index is 15.4. The number of benzene rings is 5. The van der Waals surface area contributed by atoms with Crippen LogP contribution in [-0.4, -0.2) is 18.7 Å². The van der Waals surface area contributed by atoms with Crippen LogP contribution in [0.1, 0.15) is 5.56 Å². The maximum Gasteiger partial charge on any atom is 0.200 e. The Labute approximate surface area is 301 Å². The highest BCUT2D eigenvalue weighted by molar-refractivity contribution is 7.94. The quantitative estimate of drug-likeness (QED) is 0.0534. The Kier molecular flexibility index (Phi) is 12.4. The topological polar surface area (TPSA) is 0 Å². The van der Waals surface area contributed by atoms with Gasteiger partial charge in [-0.2, -0.15) is 0 Å². The smallest absolute Gasteiger partial charge is 0.200 e. The minimum absolute atomic E-state index is 0.132. The van der Waals surface area contributed by atoms with Gasteiger partial charge in [-0.15, -0.1) is 21.9 Å². The summed E-state index contributed by atoms with van der Waals surface area (Å²) in [4.78, 5) is 0. The van der Waals surface area contributed by atoms with Crippen molar-refractivity contribution in [1.29, 1.82) is 0 Å². The molecule has 0 saturated heterocycles. The zero-order valence-corrected chi connectivity index (χ0v) is 27.8. The lowest BCUT2D eigenvalue weighted by Gasteiger charge is -2.44. The van der Waals surface area contributed by atoms with Gasteiger partial charge in [0.25, 0.3) is 0 Å². The number of rotatable bonds is 6. The van der Waals surface area contributed by atoms with Gasteiger partial charge in [0.15, 0.2) is 69.8 Å². The van der Waals surface area contributed by atoms with Crippen LogP contribution in [0, 0.1) is 122 Å². The van der Waals surface area contributed by atoms with E-state index in [2.05, 4.69) is 12.5 Å². The van der Waals surface area contributed by atoms with Crippen LogP contribution in [0.25, 0.3) is 0 Å². The number of halogens is 21. The molecule has 5 aromatic carbocycles. The molecule has 0 aromatic heterocycles. The van der Waals surface area contributed by atoms with Gasteiger partial charge in [0.2, 0.25) is 0 Å². The van der Waals surface area contributed by atoms with Crippen LogP contribution in [0.5, 0.6) is 0 Å². The van der Waals surface area contributed by atoms with Gasteiger partial charge in [-0.3, -0.25) is 0 Å². The Balaban J connectivity index is 0.000000544. The fourth-order valence-corrected chi connectivity index (χ4v) is 6.68. The van der Waals surface area contributed by atoms with Crippen LogP contribution in [-0.2, 0) is 16.6 Å². The summed E-state index contributed by atoms with van der Waals surface area (Å²) in [6.45, 7) is 0. The third-order valence-electron chi connectivity index (χ3n) is 8.05. The first-order valence-corrected chi connectivity index (χ1v) is 16.6. The lowest BCUT2D eigenvalue weighted by Crippen LogP contribution is -2.81. The van der Waals surface area contributed by atoms with E-state index in [1.807, 2.05) is 6.07 Å². The van der Waals surface area contributed by atoms with Gasteiger partial charge in [0.05, 0.1) is 12.5 Å². The molecule has 23 heteroatoms. The van der Waals surface area contributed by atoms with Crippen LogP contribution in [0.3, 0.4) is 0 Å². The minimum atomic E-state index is -7.22. The van der Waals surface area contributed by atoms with E-state index in [9.17, 15) is 57.1 Å². The molecule has 300 valence electrons. The van der Waals surface area contributed by atoms with Crippen molar-refractivity contribution in [2.24, 2.45) is 0 Å². The summed E-state index contributed by atoms with van der Waals surface area (Å²) in [5.74, 6) is -70.6. The highest BCUT2D eigenvalue weighted by atomic mass is 32.2. The Morgan fingerprint density at radius 1 is 0.339 bits per heavy atom. The molecule has 0 N–H and O–H groups in total. The van der Waals surface area contributed by atoms with Crippen molar-refractivity contribution >= 4 is 38.9 Å². The van der Waals surface area contributed by atoms with E-state index in [0.717, 1.165) is 11.3 Å². The van der Waals surface area contributed by atoms with Crippen LogP contribution < -0.4 is 21.9 Å². The van der Waals surface area contributed by atoms with Gasteiger partial charge >= 0.3 is 0 Å². The van der Waals surface area contributed by atoms with E-state index in [0.29, 0.717) is 10.9 Å². The zero-order valence-electron chi connectivity index (χ0n) is 26.9. The molecular weight excluding hydrogens is 838 g/mol. The van der Waals surface area contributed by atoms with Gasteiger partial charge < -0.3 is 0 Å².